The van der Waals surface area contributed by atoms with Gasteiger partial charge in [0.25, 0.3) is 0 Å². The van der Waals surface area contributed by atoms with E-state index in [1.807, 2.05) is 184 Å². The summed E-state index contributed by atoms with van der Waals surface area (Å²) in [4.78, 5) is 31.3. The van der Waals surface area contributed by atoms with Crippen molar-refractivity contribution in [2.24, 2.45) is 0 Å². The summed E-state index contributed by atoms with van der Waals surface area (Å²) in [6, 6.07) is 63.5. The fraction of sp³-hybridized carbons (Fsp3) is 0.194. The molecule has 10 aromatic carbocycles. The molecular formula is C72H68O14P2. The predicted octanol–water partition coefficient (Wildman–Crippen LogP) is 17.0. The molecule has 0 N–H and O–H groups in total. The number of hydrogen-bond acceptors (Lipinski definition) is 14. The first kappa shape index (κ1) is 62.2. The minimum absolute atomic E-state index is 0.00573. The molecule has 10 aromatic rings. The normalized spacial score (nSPS) is 11.2. The third-order valence-electron chi connectivity index (χ3n) is 14.5. The number of carbonyl (C=O) groups is 2. The van der Waals surface area contributed by atoms with E-state index in [0.29, 0.717) is 119 Å². The Morgan fingerprint density at radius 3 is 0.909 bits per heavy atom. The van der Waals surface area contributed by atoms with Crippen molar-refractivity contribution in [3.05, 3.63) is 251 Å². The Labute approximate surface area is 515 Å². The highest BCUT2D eigenvalue weighted by Crippen LogP contribution is 2.56. The molecule has 0 amide bonds. The van der Waals surface area contributed by atoms with Crippen molar-refractivity contribution >= 4 is 50.7 Å². The monoisotopic (exact) mass is 1220 g/mol. The Balaban J connectivity index is 1.29. The zero-order valence-corrected chi connectivity index (χ0v) is 51.7. The summed E-state index contributed by atoms with van der Waals surface area (Å²) >= 11 is 0. The van der Waals surface area contributed by atoms with Crippen LogP contribution in [0.1, 0.15) is 54.1 Å². The lowest BCUT2D eigenvalue weighted by Gasteiger charge is -2.27. The van der Waals surface area contributed by atoms with E-state index in [9.17, 15) is 0 Å². The molecule has 0 aliphatic rings. The van der Waals surface area contributed by atoms with Crippen LogP contribution in [0.15, 0.2) is 206 Å². The largest absolute Gasteiger partial charge is 0.530 e. The lowest BCUT2D eigenvalue weighted by Crippen LogP contribution is -2.15. The topological polar surface area (TPSA) is 145 Å². The first-order chi connectivity index (χ1) is 43.1. The van der Waals surface area contributed by atoms with Crippen molar-refractivity contribution in [1.82, 2.24) is 0 Å². The number of fused-ring (bicyclic) bond motifs is 2. The Kier molecular flexibility index (Phi) is 21.7. The Bertz CT molecular complexity index is 3660. The highest BCUT2D eigenvalue weighted by molar-refractivity contribution is 7.43. The maximum Gasteiger partial charge on any atom is 0.530 e. The van der Waals surface area contributed by atoms with Gasteiger partial charge in [0.05, 0.1) is 26.4 Å². The second kappa shape index (κ2) is 30.7. The standard InChI is InChI=1S/C72H68O14P2/c1-49-23-7-17-33-61(49)79-71(73)59-47-55-29-9-15-31-57(55)67(69(59)85-87(81-63-35-19-11-25-51(63)39-43-75-3)82-64-36-20-12-26-52(64)40-44-76-4)68-58-32-16-10-30-56(58)48-60(72(74)80-62-34-18-8-24-50(62)2)70(68)86-88(83-65-37-21-13-27-53(65)41-45-77-5)84-66-38-22-14-28-54(66)42-46-78-6/h7-38,47-48H,39-46H2,1-6H3. The van der Waals surface area contributed by atoms with E-state index in [-0.39, 0.29) is 22.6 Å². The molecule has 0 heterocycles. The van der Waals surface area contributed by atoms with Gasteiger partial charge in [0.2, 0.25) is 0 Å². The minimum Gasteiger partial charge on any atom is -0.423 e. The van der Waals surface area contributed by atoms with Crippen molar-refractivity contribution in [2.75, 3.05) is 54.9 Å². The Morgan fingerprint density at radius 2 is 0.602 bits per heavy atom. The fourth-order valence-electron chi connectivity index (χ4n) is 9.93. The summed E-state index contributed by atoms with van der Waals surface area (Å²) in [7, 11) is 1.33. The van der Waals surface area contributed by atoms with Crippen LogP contribution in [0.25, 0.3) is 32.7 Å². The summed E-state index contributed by atoms with van der Waals surface area (Å²) in [6.07, 6.45) is 1.98. The van der Waals surface area contributed by atoms with Gasteiger partial charge in [0.1, 0.15) is 45.6 Å². The van der Waals surface area contributed by atoms with Crippen LogP contribution in [-0.2, 0) is 44.6 Å². The van der Waals surface area contributed by atoms with Gasteiger partial charge in [-0.05, 0) is 143 Å². The molecular weight excluding hydrogens is 1150 g/mol. The van der Waals surface area contributed by atoms with Crippen LogP contribution in [0, 0.1) is 13.8 Å². The van der Waals surface area contributed by atoms with Gasteiger partial charge in [-0.15, -0.1) is 0 Å². The second-order valence-electron chi connectivity index (χ2n) is 20.4. The number of esters is 2. The summed E-state index contributed by atoms with van der Waals surface area (Å²) in [5.74, 6) is 0.920. The van der Waals surface area contributed by atoms with E-state index < -0.39 is 29.1 Å². The predicted molar refractivity (Wildman–Crippen MR) is 345 cm³/mol. The number of ether oxygens (including phenoxy) is 6. The number of carbonyl (C=O) groups excluding carboxylic acids is 2. The van der Waals surface area contributed by atoms with Crippen LogP contribution >= 0.6 is 17.2 Å². The molecule has 0 radical (unpaired) electrons. The zero-order valence-electron chi connectivity index (χ0n) is 49.9. The molecule has 0 spiro atoms. The van der Waals surface area contributed by atoms with Crippen molar-refractivity contribution in [1.29, 1.82) is 0 Å². The molecule has 16 heteroatoms. The third-order valence-corrected chi connectivity index (χ3v) is 16.5. The van der Waals surface area contributed by atoms with E-state index >= 15 is 9.59 Å². The van der Waals surface area contributed by atoms with Gasteiger partial charge in [0, 0.05) is 39.6 Å². The van der Waals surface area contributed by atoms with Crippen LogP contribution in [0.5, 0.6) is 46.0 Å². The van der Waals surface area contributed by atoms with E-state index in [2.05, 4.69) is 0 Å². The highest BCUT2D eigenvalue weighted by atomic mass is 31.2. The van der Waals surface area contributed by atoms with Crippen LogP contribution in [-0.4, -0.2) is 66.8 Å². The lowest BCUT2D eigenvalue weighted by molar-refractivity contribution is 0.0721. The van der Waals surface area contributed by atoms with Crippen LogP contribution in [0.2, 0.25) is 0 Å². The van der Waals surface area contributed by atoms with E-state index in [4.69, 9.17) is 55.6 Å². The SMILES string of the molecule is COCCc1ccccc1OP(Oc1ccccc1CCOC)Oc1c(C(=O)Oc2ccccc2C)cc2ccccc2c1-c1c(OP(Oc2ccccc2CCOC)Oc2ccccc2CCOC)c(C(=O)Oc2ccccc2C)cc2ccccc12. The van der Waals surface area contributed by atoms with Crippen molar-refractivity contribution in [2.45, 2.75) is 39.5 Å². The smallest absolute Gasteiger partial charge is 0.423 e. The molecule has 88 heavy (non-hydrogen) atoms. The second-order valence-corrected chi connectivity index (χ2v) is 22.4. The molecule has 0 bridgehead atoms. The molecule has 10 rings (SSSR count). The fourth-order valence-corrected chi connectivity index (χ4v) is 12.2. The summed E-state index contributed by atoms with van der Waals surface area (Å²) in [5.41, 5.74) is 5.31. The number of methoxy groups -OCH3 is 4. The van der Waals surface area contributed by atoms with Gasteiger partial charge in [-0.2, -0.15) is 0 Å². The molecule has 0 aliphatic heterocycles. The number of rotatable bonds is 29. The average molecular weight is 1220 g/mol. The summed E-state index contributed by atoms with van der Waals surface area (Å²) < 4.78 is 78.2. The number of hydrogen-bond donors (Lipinski definition) is 0. The van der Waals surface area contributed by atoms with E-state index in [0.717, 1.165) is 33.4 Å². The molecule has 0 saturated heterocycles. The first-order valence-corrected chi connectivity index (χ1v) is 31.0. The number of benzene rings is 10. The quantitative estimate of drug-likeness (QED) is 0.0249. The van der Waals surface area contributed by atoms with Crippen molar-refractivity contribution in [3.8, 4) is 57.1 Å². The Morgan fingerprint density at radius 1 is 0.330 bits per heavy atom. The molecule has 0 atom stereocenters. The molecule has 0 saturated carbocycles. The van der Waals surface area contributed by atoms with E-state index in [1.54, 1.807) is 64.8 Å². The van der Waals surface area contributed by atoms with Crippen LogP contribution in [0.4, 0.5) is 0 Å². The highest BCUT2D eigenvalue weighted by Gasteiger charge is 2.36. The van der Waals surface area contributed by atoms with E-state index in [1.165, 1.54) is 0 Å². The maximum absolute atomic E-state index is 15.6. The van der Waals surface area contributed by atoms with Gasteiger partial charge in [-0.3, -0.25) is 0 Å². The third kappa shape index (κ3) is 15.3. The number of aryl methyl sites for hydroxylation is 2. The van der Waals surface area contributed by atoms with Crippen molar-refractivity contribution < 1.29 is 65.2 Å². The van der Waals surface area contributed by atoms with Crippen molar-refractivity contribution in [3.63, 3.8) is 0 Å². The van der Waals surface area contributed by atoms with Crippen LogP contribution in [0.3, 0.4) is 0 Å². The molecule has 0 fully saturated rings. The summed E-state index contributed by atoms with van der Waals surface area (Å²) in [6.45, 7) is 5.32. The first-order valence-electron chi connectivity index (χ1n) is 28.8. The lowest BCUT2D eigenvalue weighted by atomic mass is 9.88. The number of para-hydroxylation sites is 6. The molecule has 450 valence electrons. The van der Waals surface area contributed by atoms with Gasteiger partial charge >= 0.3 is 29.1 Å². The summed E-state index contributed by atoms with van der Waals surface area (Å²) in [5, 5.41) is 2.39. The molecule has 14 nitrogen and oxygen atoms in total. The maximum atomic E-state index is 15.6. The average Bonchev–Trinajstić information content (AvgIpc) is 0.765. The molecule has 0 aliphatic carbocycles. The molecule has 0 aromatic heterocycles. The zero-order chi connectivity index (χ0) is 61.2. The van der Waals surface area contributed by atoms with Crippen LogP contribution < -0.4 is 36.6 Å². The van der Waals surface area contributed by atoms with Gasteiger partial charge in [-0.25, -0.2) is 9.59 Å². The van der Waals surface area contributed by atoms with Gasteiger partial charge in [0.15, 0.2) is 11.5 Å². The molecule has 0 unspecified atom stereocenters. The van der Waals surface area contributed by atoms with Gasteiger partial charge in [-0.1, -0.05) is 158 Å². The van der Waals surface area contributed by atoms with Gasteiger partial charge < -0.3 is 55.6 Å². The minimum atomic E-state index is -2.62. The Hall–Kier alpha value is -8.84.